The number of unbranched alkanes of at least 4 members (excludes halogenated alkanes) is 2. The maximum atomic E-state index is 3.64. The Morgan fingerprint density at radius 3 is 1.41 bits per heavy atom. The van der Waals surface area contributed by atoms with Crippen molar-refractivity contribution in [1.29, 1.82) is 0 Å². The minimum Gasteiger partial charge on any atom is -0.371 e. The molecule has 0 atom stereocenters. The van der Waals surface area contributed by atoms with E-state index in [2.05, 4.69) is 90.1 Å². The van der Waals surface area contributed by atoms with Crippen molar-refractivity contribution in [2.45, 2.75) is 39.5 Å². The molecule has 0 saturated heterocycles. The van der Waals surface area contributed by atoms with Gasteiger partial charge in [0.05, 0.1) is 0 Å². The van der Waals surface area contributed by atoms with Crippen LogP contribution in [-0.2, 0) is 0 Å². The number of aromatic amines is 1. The number of hydrogen-bond acceptors (Lipinski definition) is 2. The lowest BCUT2D eigenvalue weighted by Crippen LogP contribution is -2.04. The van der Waals surface area contributed by atoms with Crippen LogP contribution in [0.3, 0.4) is 0 Å². The van der Waals surface area contributed by atoms with Crippen LogP contribution in [0, 0.1) is 0 Å². The molecule has 0 aliphatic carbocycles. The third kappa shape index (κ3) is 4.73. The summed E-state index contributed by atoms with van der Waals surface area (Å²) in [7, 11) is 0. The second-order valence-corrected chi connectivity index (χ2v) is 6.92. The van der Waals surface area contributed by atoms with Crippen LogP contribution < -0.4 is 10.6 Å². The highest BCUT2D eigenvalue weighted by molar-refractivity contribution is 5.98. The molecule has 3 heteroatoms. The quantitative estimate of drug-likeness (QED) is 0.349. The van der Waals surface area contributed by atoms with E-state index in [0.29, 0.717) is 0 Å². The molecule has 1 heterocycles. The second kappa shape index (κ2) is 9.86. The van der Waals surface area contributed by atoms with Gasteiger partial charge in [-0.3, -0.25) is 0 Å². The van der Waals surface area contributed by atoms with Crippen LogP contribution >= 0.6 is 0 Å². The second-order valence-electron chi connectivity index (χ2n) is 6.92. The van der Waals surface area contributed by atoms with E-state index in [1.807, 2.05) is 0 Å². The van der Waals surface area contributed by atoms with E-state index in [1.165, 1.54) is 35.1 Å². The van der Waals surface area contributed by atoms with E-state index in [0.717, 1.165) is 37.6 Å². The van der Waals surface area contributed by atoms with Gasteiger partial charge in [0.15, 0.2) is 0 Å². The number of rotatable bonds is 10. The van der Waals surface area contributed by atoms with Gasteiger partial charge in [-0.15, -0.1) is 0 Å². The zero-order valence-electron chi connectivity index (χ0n) is 16.5. The molecule has 0 bridgehead atoms. The highest BCUT2D eigenvalue weighted by Crippen LogP contribution is 2.43. The lowest BCUT2D eigenvalue weighted by Gasteiger charge is -2.11. The molecule has 3 nitrogen and oxygen atoms in total. The Labute approximate surface area is 163 Å². The first-order valence-electron chi connectivity index (χ1n) is 10.2. The van der Waals surface area contributed by atoms with Gasteiger partial charge < -0.3 is 15.6 Å². The minimum atomic E-state index is 0.972. The molecule has 0 amide bonds. The van der Waals surface area contributed by atoms with E-state index in [4.69, 9.17) is 0 Å². The zero-order chi connectivity index (χ0) is 18.9. The van der Waals surface area contributed by atoms with Crippen LogP contribution in [0.25, 0.3) is 22.3 Å². The predicted octanol–water partition coefficient (Wildman–Crippen LogP) is 6.77. The Balaban J connectivity index is 2.10. The van der Waals surface area contributed by atoms with Crippen molar-refractivity contribution in [2.24, 2.45) is 0 Å². The number of hydrogen-bond donors (Lipinski definition) is 3. The van der Waals surface area contributed by atoms with E-state index >= 15 is 0 Å². The van der Waals surface area contributed by atoms with Crippen LogP contribution in [0.15, 0.2) is 60.7 Å². The van der Waals surface area contributed by atoms with Crippen molar-refractivity contribution in [3.05, 3.63) is 60.7 Å². The summed E-state index contributed by atoms with van der Waals surface area (Å²) in [5, 5.41) is 7.28. The van der Waals surface area contributed by atoms with E-state index in [1.54, 1.807) is 0 Å². The van der Waals surface area contributed by atoms with Crippen LogP contribution in [0.5, 0.6) is 0 Å². The Morgan fingerprint density at radius 1 is 0.630 bits per heavy atom. The summed E-state index contributed by atoms with van der Waals surface area (Å²) in [5.74, 6) is 2.21. The summed E-state index contributed by atoms with van der Waals surface area (Å²) in [6.45, 7) is 6.39. The standard InChI is InChI=1S/C24H31N3/c1-3-5-17-25-23-21(19-13-9-7-10-14-19)22(20-15-11-8-12-16-20)24(27-23)26-18-6-4-2/h7-16,25-27H,3-6,17-18H2,1-2H3. The van der Waals surface area contributed by atoms with Gasteiger partial charge in [0.1, 0.15) is 11.6 Å². The van der Waals surface area contributed by atoms with Gasteiger partial charge in [0.2, 0.25) is 0 Å². The lowest BCUT2D eigenvalue weighted by atomic mass is 9.97. The van der Waals surface area contributed by atoms with E-state index < -0.39 is 0 Å². The van der Waals surface area contributed by atoms with Crippen LogP contribution in [0.4, 0.5) is 11.6 Å². The van der Waals surface area contributed by atoms with Crippen molar-refractivity contribution < 1.29 is 0 Å². The number of H-pyrrole nitrogens is 1. The van der Waals surface area contributed by atoms with Crippen LogP contribution in [-0.4, -0.2) is 18.1 Å². The topological polar surface area (TPSA) is 39.9 Å². The first-order valence-corrected chi connectivity index (χ1v) is 10.2. The van der Waals surface area contributed by atoms with Crippen LogP contribution in [0.1, 0.15) is 39.5 Å². The normalized spacial score (nSPS) is 10.7. The van der Waals surface area contributed by atoms with Gasteiger partial charge in [-0.2, -0.15) is 0 Å². The molecule has 1 aromatic heterocycles. The first kappa shape index (κ1) is 19.1. The fourth-order valence-corrected chi connectivity index (χ4v) is 3.33. The summed E-state index contributed by atoms with van der Waals surface area (Å²) in [6, 6.07) is 21.3. The summed E-state index contributed by atoms with van der Waals surface area (Å²) >= 11 is 0. The van der Waals surface area contributed by atoms with Gasteiger partial charge in [-0.1, -0.05) is 87.4 Å². The predicted molar refractivity (Wildman–Crippen MR) is 118 cm³/mol. The third-order valence-electron chi connectivity index (χ3n) is 4.79. The Kier molecular flexibility index (Phi) is 6.97. The minimum absolute atomic E-state index is 0.972. The van der Waals surface area contributed by atoms with Gasteiger partial charge in [0.25, 0.3) is 0 Å². The molecule has 0 fully saturated rings. The van der Waals surface area contributed by atoms with Crippen molar-refractivity contribution in [3.8, 4) is 22.3 Å². The summed E-state index contributed by atoms with van der Waals surface area (Å²) in [4.78, 5) is 3.64. The largest absolute Gasteiger partial charge is 0.371 e. The SMILES string of the molecule is CCCCNc1[nH]c(NCCCC)c(-c2ccccc2)c1-c1ccccc1. The molecule has 0 unspecified atom stereocenters. The molecule has 0 aliphatic heterocycles. The van der Waals surface area contributed by atoms with Crippen LogP contribution in [0.2, 0.25) is 0 Å². The molecule has 142 valence electrons. The monoisotopic (exact) mass is 361 g/mol. The Bertz CT molecular complexity index is 738. The molecule has 0 radical (unpaired) electrons. The number of aromatic nitrogens is 1. The number of benzene rings is 2. The van der Waals surface area contributed by atoms with Crippen molar-refractivity contribution in [3.63, 3.8) is 0 Å². The molecule has 3 rings (SSSR count). The molecular formula is C24H31N3. The van der Waals surface area contributed by atoms with Gasteiger partial charge >= 0.3 is 0 Å². The maximum Gasteiger partial charge on any atom is 0.113 e. The molecule has 2 aromatic carbocycles. The van der Waals surface area contributed by atoms with Gasteiger partial charge in [-0.05, 0) is 24.0 Å². The molecular weight excluding hydrogens is 330 g/mol. The van der Waals surface area contributed by atoms with Crippen molar-refractivity contribution in [2.75, 3.05) is 23.7 Å². The lowest BCUT2D eigenvalue weighted by molar-refractivity contribution is 0.828. The average Bonchev–Trinajstić information content (AvgIpc) is 3.08. The summed E-state index contributed by atoms with van der Waals surface area (Å²) in [5.41, 5.74) is 4.96. The summed E-state index contributed by atoms with van der Waals surface area (Å²) < 4.78 is 0. The average molecular weight is 362 g/mol. The van der Waals surface area contributed by atoms with Crippen molar-refractivity contribution in [1.82, 2.24) is 4.98 Å². The fourth-order valence-electron chi connectivity index (χ4n) is 3.33. The highest BCUT2D eigenvalue weighted by atomic mass is 15.1. The zero-order valence-corrected chi connectivity index (χ0v) is 16.5. The Hall–Kier alpha value is -2.68. The van der Waals surface area contributed by atoms with Crippen molar-refractivity contribution >= 4 is 11.6 Å². The summed E-state index contributed by atoms with van der Waals surface area (Å²) in [6.07, 6.45) is 4.68. The highest BCUT2D eigenvalue weighted by Gasteiger charge is 2.20. The molecule has 0 spiro atoms. The smallest absolute Gasteiger partial charge is 0.113 e. The first-order chi connectivity index (χ1) is 13.3. The molecule has 27 heavy (non-hydrogen) atoms. The molecule has 3 aromatic rings. The number of anilines is 2. The number of nitrogens with one attached hydrogen (secondary N) is 3. The van der Waals surface area contributed by atoms with Gasteiger partial charge in [0, 0.05) is 24.2 Å². The Morgan fingerprint density at radius 2 is 1.04 bits per heavy atom. The fraction of sp³-hybridized carbons (Fsp3) is 0.333. The van der Waals surface area contributed by atoms with E-state index in [9.17, 15) is 0 Å². The van der Waals surface area contributed by atoms with Gasteiger partial charge in [-0.25, -0.2) is 0 Å². The maximum absolute atomic E-state index is 3.64. The van der Waals surface area contributed by atoms with E-state index in [-0.39, 0.29) is 0 Å². The molecule has 3 N–H and O–H groups in total. The third-order valence-corrected chi connectivity index (χ3v) is 4.79. The molecule has 0 aliphatic rings. The molecule has 0 saturated carbocycles.